The Morgan fingerprint density at radius 3 is 2.62 bits per heavy atom. The maximum Gasteiger partial charge on any atom is 0.315 e. The van der Waals surface area contributed by atoms with Crippen LogP contribution in [0.4, 0.5) is 0 Å². The Balaban J connectivity index is 1.85. The lowest BCUT2D eigenvalue weighted by Crippen LogP contribution is -2.41. The maximum absolute atomic E-state index is 12.5. The zero-order chi connectivity index (χ0) is 15.0. The van der Waals surface area contributed by atoms with Crippen molar-refractivity contribution in [2.75, 3.05) is 6.54 Å². The molecule has 2 aliphatic rings. The molecule has 1 aromatic rings. The molecule has 1 aromatic carbocycles. The molecular weight excluding hydrogens is 266 g/mol. The molecule has 4 atom stereocenters. The molecule has 2 fully saturated rings. The highest BCUT2D eigenvalue weighted by molar-refractivity contribution is 5.96. The molecular formula is C17H21NO3. The van der Waals surface area contributed by atoms with Crippen molar-refractivity contribution in [3.63, 3.8) is 0 Å². The second kappa shape index (κ2) is 5.51. The number of carboxylic acids is 1. The van der Waals surface area contributed by atoms with Crippen LogP contribution in [0.25, 0.3) is 0 Å². The van der Waals surface area contributed by atoms with E-state index in [9.17, 15) is 9.59 Å². The van der Waals surface area contributed by atoms with Gasteiger partial charge in [-0.2, -0.15) is 0 Å². The minimum atomic E-state index is -1.03. The van der Waals surface area contributed by atoms with Gasteiger partial charge in [0.1, 0.15) is 5.92 Å². The molecule has 1 saturated heterocycles. The molecule has 4 heteroatoms. The molecule has 1 amide bonds. The first-order chi connectivity index (χ1) is 10.1. The van der Waals surface area contributed by atoms with Gasteiger partial charge in [0.15, 0.2) is 0 Å². The Morgan fingerprint density at radius 1 is 1.24 bits per heavy atom. The lowest BCUT2D eigenvalue weighted by atomic mass is 9.87. The summed E-state index contributed by atoms with van der Waals surface area (Å²) < 4.78 is 0. The Bertz CT molecular complexity index is 542. The number of amides is 1. The number of rotatable bonds is 3. The largest absolute Gasteiger partial charge is 0.481 e. The van der Waals surface area contributed by atoms with Crippen molar-refractivity contribution in [3.8, 4) is 0 Å². The molecule has 3 rings (SSSR count). The van der Waals surface area contributed by atoms with Crippen molar-refractivity contribution in [2.45, 2.75) is 38.1 Å². The molecule has 1 aliphatic heterocycles. The van der Waals surface area contributed by atoms with Gasteiger partial charge in [-0.3, -0.25) is 9.59 Å². The predicted octanol–water partition coefficient (Wildman–Crippen LogP) is 2.50. The minimum Gasteiger partial charge on any atom is -0.481 e. The summed E-state index contributed by atoms with van der Waals surface area (Å²) in [6.45, 7) is 2.15. The topological polar surface area (TPSA) is 57.6 Å². The third-order valence-electron chi connectivity index (χ3n) is 5.09. The van der Waals surface area contributed by atoms with Crippen molar-refractivity contribution in [1.29, 1.82) is 0 Å². The molecule has 1 heterocycles. The Kier molecular flexibility index (Phi) is 3.70. The highest BCUT2D eigenvalue weighted by atomic mass is 16.4. The molecule has 1 aliphatic carbocycles. The predicted molar refractivity (Wildman–Crippen MR) is 78.8 cm³/mol. The van der Waals surface area contributed by atoms with E-state index in [1.807, 2.05) is 23.1 Å². The fraction of sp³-hybridized carbons (Fsp3) is 0.529. The summed E-state index contributed by atoms with van der Waals surface area (Å²) in [5.41, 5.74) is 1.27. The number of fused-ring (bicyclic) bond motifs is 1. The highest BCUT2D eigenvalue weighted by Gasteiger charge is 2.47. The summed E-state index contributed by atoms with van der Waals surface area (Å²) >= 11 is 0. The van der Waals surface area contributed by atoms with Crippen LogP contribution in [-0.4, -0.2) is 34.5 Å². The van der Waals surface area contributed by atoms with Gasteiger partial charge in [0.25, 0.3) is 0 Å². The number of carboxylic acid groups (broad SMARTS) is 1. The van der Waals surface area contributed by atoms with Gasteiger partial charge in [-0.15, -0.1) is 0 Å². The van der Waals surface area contributed by atoms with Crippen LogP contribution in [0.1, 0.15) is 37.7 Å². The summed E-state index contributed by atoms with van der Waals surface area (Å²) in [5, 5.41) is 9.09. The number of carbonyl (C=O) groups is 2. The second-order valence-electron chi connectivity index (χ2n) is 6.23. The molecule has 4 nitrogen and oxygen atoms in total. The van der Waals surface area contributed by atoms with Gasteiger partial charge >= 0.3 is 5.97 Å². The van der Waals surface area contributed by atoms with Crippen LogP contribution in [0.15, 0.2) is 30.3 Å². The van der Waals surface area contributed by atoms with E-state index in [0.29, 0.717) is 18.4 Å². The van der Waals surface area contributed by atoms with Crippen molar-refractivity contribution < 1.29 is 14.7 Å². The van der Waals surface area contributed by atoms with Gasteiger partial charge in [0, 0.05) is 18.5 Å². The summed E-state index contributed by atoms with van der Waals surface area (Å²) in [6, 6.07) is 10.5. The molecule has 112 valence electrons. The van der Waals surface area contributed by atoms with Crippen molar-refractivity contribution in [1.82, 2.24) is 4.90 Å². The summed E-state index contributed by atoms with van der Waals surface area (Å²) in [4.78, 5) is 25.4. The lowest BCUT2D eigenvalue weighted by Gasteiger charge is -2.25. The first kappa shape index (κ1) is 14.1. The Labute approximate surface area is 124 Å². The van der Waals surface area contributed by atoms with Gasteiger partial charge in [-0.1, -0.05) is 36.8 Å². The van der Waals surface area contributed by atoms with Crippen molar-refractivity contribution in [2.24, 2.45) is 11.8 Å². The van der Waals surface area contributed by atoms with E-state index in [-0.39, 0.29) is 11.9 Å². The summed E-state index contributed by atoms with van der Waals surface area (Å²) in [7, 11) is 0. The van der Waals surface area contributed by atoms with Crippen LogP contribution in [0, 0.1) is 11.8 Å². The third-order valence-corrected chi connectivity index (χ3v) is 5.09. The van der Waals surface area contributed by atoms with Crippen LogP contribution < -0.4 is 0 Å². The zero-order valence-corrected chi connectivity index (χ0v) is 12.2. The molecule has 0 spiro atoms. The van der Waals surface area contributed by atoms with E-state index in [1.54, 1.807) is 0 Å². The number of hydrogen-bond acceptors (Lipinski definition) is 2. The van der Waals surface area contributed by atoms with E-state index in [0.717, 1.165) is 19.3 Å². The van der Waals surface area contributed by atoms with Crippen molar-refractivity contribution in [3.05, 3.63) is 35.9 Å². The molecule has 0 bridgehead atoms. The fourth-order valence-corrected chi connectivity index (χ4v) is 3.97. The molecule has 4 unspecified atom stereocenters. The quantitative estimate of drug-likeness (QED) is 0.869. The number of carbonyl (C=O) groups excluding carboxylic acids is 1. The molecule has 1 N–H and O–H groups in total. The minimum absolute atomic E-state index is 0.224. The third kappa shape index (κ3) is 2.43. The van der Waals surface area contributed by atoms with Crippen LogP contribution in [0.5, 0.6) is 0 Å². The Hall–Kier alpha value is -1.84. The standard InChI is InChI=1S/C17H21NO3/c1-11(17(20)21)16(19)18-10-14(12-6-3-2-4-7-12)13-8-5-9-15(13)18/h2-4,6-7,11,13-15H,5,8-10H2,1H3,(H,20,21). The average Bonchev–Trinajstić information content (AvgIpc) is 3.08. The second-order valence-corrected chi connectivity index (χ2v) is 6.23. The molecule has 1 saturated carbocycles. The monoisotopic (exact) mass is 287 g/mol. The van der Waals surface area contributed by atoms with Gasteiger partial charge in [0.05, 0.1) is 0 Å². The van der Waals surface area contributed by atoms with E-state index in [2.05, 4.69) is 12.1 Å². The zero-order valence-electron chi connectivity index (χ0n) is 12.2. The Morgan fingerprint density at radius 2 is 1.95 bits per heavy atom. The van der Waals surface area contributed by atoms with Crippen LogP contribution >= 0.6 is 0 Å². The van der Waals surface area contributed by atoms with Gasteiger partial charge in [0.2, 0.25) is 5.91 Å². The van der Waals surface area contributed by atoms with E-state index in [1.165, 1.54) is 12.5 Å². The SMILES string of the molecule is CC(C(=O)O)C(=O)N1CC(c2ccccc2)C2CCCC21. The van der Waals surface area contributed by atoms with Gasteiger partial charge in [-0.25, -0.2) is 0 Å². The smallest absolute Gasteiger partial charge is 0.315 e. The number of likely N-dealkylation sites (tertiary alicyclic amines) is 1. The number of benzene rings is 1. The summed E-state index contributed by atoms with van der Waals surface area (Å²) in [5.74, 6) is -1.36. The normalized spacial score (nSPS) is 29.2. The van der Waals surface area contributed by atoms with Crippen LogP contribution in [-0.2, 0) is 9.59 Å². The summed E-state index contributed by atoms with van der Waals surface area (Å²) in [6.07, 6.45) is 3.27. The van der Waals surface area contributed by atoms with E-state index >= 15 is 0 Å². The first-order valence-corrected chi connectivity index (χ1v) is 7.68. The fourth-order valence-electron chi connectivity index (χ4n) is 3.97. The number of hydrogen-bond donors (Lipinski definition) is 1. The van der Waals surface area contributed by atoms with E-state index in [4.69, 9.17) is 5.11 Å². The molecule has 0 aromatic heterocycles. The molecule has 21 heavy (non-hydrogen) atoms. The molecule has 0 radical (unpaired) electrons. The number of aliphatic carboxylic acids is 1. The van der Waals surface area contributed by atoms with Gasteiger partial charge in [-0.05, 0) is 31.2 Å². The van der Waals surface area contributed by atoms with Crippen LogP contribution in [0.3, 0.4) is 0 Å². The average molecular weight is 287 g/mol. The maximum atomic E-state index is 12.5. The first-order valence-electron chi connectivity index (χ1n) is 7.68. The van der Waals surface area contributed by atoms with Crippen molar-refractivity contribution >= 4 is 11.9 Å². The number of nitrogens with zero attached hydrogens (tertiary/aromatic N) is 1. The highest BCUT2D eigenvalue weighted by Crippen LogP contribution is 2.46. The van der Waals surface area contributed by atoms with Gasteiger partial charge < -0.3 is 10.0 Å². The van der Waals surface area contributed by atoms with E-state index < -0.39 is 11.9 Å². The van der Waals surface area contributed by atoms with Crippen LogP contribution in [0.2, 0.25) is 0 Å². The lowest BCUT2D eigenvalue weighted by molar-refractivity contribution is -0.150.